The average molecular weight is 194 g/mol. The molecule has 2 aliphatic carbocycles. The molecule has 5 atom stereocenters. The molecule has 2 fully saturated rings. The van der Waals surface area contributed by atoms with E-state index in [1.807, 2.05) is 0 Å². The second kappa shape index (κ2) is 2.40. The van der Waals surface area contributed by atoms with Gasteiger partial charge < -0.3 is 9.84 Å². The van der Waals surface area contributed by atoms with Gasteiger partial charge in [0, 0.05) is 5.41 Å². The fourth-order valence-corrected chi connectivity index (χ4v) is 3.45. The van der Waals surface area contributed by atoms with Crippen LogP contribution in [0.15, 0.2) is 12.2 Å². The smallest absolute Gasteiger partial charge is 0.312 e. The van der Waals surface area contributed by atoms with Crippen molar-refractivity contribution in [2.75, 3.05) is 0 Å². The summed E-state index contributed by atoms with van der Waals surface area (Å²) >= 11 is 0. The van der Waals surface area contributed by atoms with Crippen LogP contribution in [0.1, 0.15) is 19.8 Å². The molecular formula is C11H14O3. The van der Waals surface area contributed by atoms with Crippen LogP contribution in [0.25, 0.3) is 0 Å². The molecule has 3 heteroatoms. The third kappa shape index (κ3) is 0.753. The van der Waals surface area contributed by atoms with E-state index in [4.69, 9.17) is 4.74 Å². The number of allylic oxidation sites excluding steroid dienone is 1. The van der Waals surface area contributed by atoms with Crippen molar-refractivity contribution in [3.8, 4) is 0 Å². The molecule has 0 bridgehead atoms. The lowest BCUT2D eigenvalue weighted by Crippen LogP contribution is -2.43. The summed E-state index contributed by atoms with van der Waals surface area (Å²) < 4.78 is 5.33. The SMILES string of the molecule is CC12C3C=CC(O)C1C(=O)OC2CC3. The molecule has 1 saturated carbocycles. The first-order valence-corrected chi connectivity index (χ1v) is 5.21. The number of hydrogen-bond donors (Lipinski definition) is 1. The first kappa shape index (κ1) is 8.48. The molecule has 1 N–H and O–H groups in total. The summed E-state index contributed by atoms with van der Waals surface area (Å²) in [6, 6.07) is 0. The highest BCUT2D eigenvalue weighted by Gasteiger charge is 2.63. The minimum absolute atomic E-state index is 0.0320. The molecule has 1 aliphatic heterocycles. The molecule has 1 heterocycles. The van der Waals surface area contributed by atoms with Crippen LogP contribution in [0.4, 0.5) is 0 Å². The predicted octanol–water partition coefficient (Wildman–Crippen LogP) is 0.875. The van der Waals surface area contributed by atoms with Crippen LogP contribution >= 0.6 is 0 Å². The third-order valence-corrected chi connectivity index (χ3v) is 4.30. The van der Waals surface area contributed by atoms with E-state index in [1.54, 1.807) is 6.08 Å². The second-order valence-corrected chi connectivity index (χ2v) is 4.83. The Morgan fingerprint density at radius 2 is 2.29 bits per heavy atom. The molecule has 0 aromatic carbocycles. The monoisotopic (exact) mass is 194 g/mol. The van der Waals surface area contributed by atoms with E-state index in [0.717, 1.165) is 12.8 Å². The van der Waals surface area contributed by atoms with Crippen molar-refractivity contribution in [3.05, 3.63) is 12.2 Å². The van der Waals surface area contributed by atoms with Crippen molar-refractivity contribution >= 4 is 5.97 Å². The zero-order valence-electron chi connectivity index (χ0n) is 8.14. The maximum Gasteiger partial charge on any atom is 0.312 e. The predicted molar refractivity (Wildman–Crippen MR) is 49.3 cm³/mol. The van der Waals surface area contributed by atoms with Crippen LogP contribution in [0.2, 0.25) is 0 Å². The Bertz CT molecular complexity index is 322. The minimum Gasteiger partial charge on any atom is -0.461 e. The maximum atomic E-state index is 11.6. The van der Waals surface area contributed by atoms with Crippen LogP contribution in [-0.2, 0) is 9.53 Å². The summed E-state index contributed by atoms with van der Waals surface area (Å²) in [5.74, 6) is -0.128. The van der Waals surface area contributed by atoms with Gasteiger partial charge in [-0.3, -0.25) is 4.79 Å². The molecule has 0 aromatic rings. The summed E-state index contributed by atoms with van der Waals surface area (Å²) in [6.45, 7) is 2.08. The van der Waals surface area contributed by atoms with Gasteiger partial charge in [-0.2, -0.15) is 0 Å². The Hall–Kier alpha value is -0.830. The number of rotatable bonds is 0. The Kier molecular flexibility index (Phi) is 1.45. The van der Waals surface area contributed by atoms with Gasteiger partial charge in [-0.1, -0.05) is 19.1 Å². The Balaban J connectivity index is 2.12. The van der Waals surface area contributed by atoms with E-state index in [-0.39, 0.29) is 23.4 Å². The van der Waals surface area contributed by atoms with Crippen molar-refractivity contribution in [3.63, 3.8) is 0 Å². The fourth-order valence-electron chi connectivity index (χ4n) is 3.45. The van der Waals surface area contributed by atoms with Gasteiger partial charge in [0.05, 0.1) is 12.0 Å². The highest BCUT2D eigenvalue weighted by Crippen LogP contribution is 2.57. The lowest BCUT2D eigenvalue weighted by atomic mass is 9.65. The lowest BCUT2D eigenvalue weighted by Gasteiger charge is -2.37. The van der Waals surface area contributed by atoms with Crippen LogP contribution in [0.3, 0.4) is 0 Å². The molecule has 0 amide bonds. The van der Waals surface area contributed by atoms with Gasteiger partial charge in [0.25, 0.3) is 0 Å². The summed E-state index contributed by atoms with van der Waals surface area (Å²) in [5, 5.41) is 9.79. The van der Waals surface area contributed by atoms with Gasteiger partial charge >= 0.3 is 5.97 Å². The summed E-state index contributed by atoms with van der Waals surface area (Å²) in [7, 11) is 0. The van der Waals surface area contributed by atoms with Gasteiger partial charge in [0.2, 0.25) is 0 Å². The zero-order chi connectivity index (χ0) is 9.92. The molecule has 5 unspecified atom stereocenters. The molecule has 0 radical (unpaired) electrons. The van der Waals surface area contributed by atoms with E-state index in [0.29, 0.717) is 5.92 Å². The van der Waals surface area contributed by atoms with E-state index >= 15 is 0 Å². The largest absolute Gasteiger partial charge is 0.461 e. The molecule has 0 spiro atoms. The summed E-state index contributed by atoms with van der Waals surface area (Å²) in [5.41, 5.74) is -0.148. The quantitative estimate of drug-likeness (QED) is 0.460. The maximum absolute atomic E-state index is 11.6. The molecule has 14 heavy (non-hydrogen) atoms. The fraction of sp³-hybridized carbons (Fsp3) is 0.727. The first-order chi connectivity index (χ1) is 6.64. The van der Waals surface area contributed by atoms with Crippen molar-refractivity contribution in [1.29, 1.82) is 0 Å². The van der Waals surface area contributed by atoms with Crippen LogP contribution < -0.4 is 0 Å². The van der Waals surface area contributed by atoms with E-state index in [1.165, 1.54) is 0 Å². The number of aliphatic hydroxyl groups is 1. The third-order valence-electron chi connectivity index (χ3n) is 4.30. The summed E-state index contributed by atoms with van der Waals surface area (Å²) in [4.78, 5) is 11.6. The molecular weight excluding hydrogens is 180 g/mol. The Labute approximate surface area is 82.8 Å². The van der Waals surface area contributed by atoms with E-state index in [9.17, 15) is 9.90 Å². The molecule has 3 rings (SSSR count). The minimum atomic E-state index is -0.646. The van der Waals surface area contributed by atoms with E-state index < -0.39 is 6.10 Å². The van der Waals surface area contributed by atoms with Gasteiger partial charge in [-0.25, -0.2) is 0 Å². The Morgan fingerprint density at radius 1 is 1.50 bits per heavy atom. The van der Waals surface area contributed by atoms with Crippen LogP contribution in [0, 0.1) is 17.3 Å². The lowest BCUT2D eigenvalue weighted by molar-refractivity contribution is -0.146. The van der Waals surface area contributed by atoms with Crippen molar-refractivity contribution < 1.29 is 14.6 Å². The van der Waals surface area contributed by atoms with Gasteiger partial charge in [-0.15, -0.1) is 0 Å². The van der Waals surface area contributed by atoms with Gasteiger partial charge in [0.1, 0.15) is 6.10 Å². The van der Waals surface area contributed by atoms with Crippen LogP contribution in [0.5, 0.6) is 0 Å². The molecule has 76 valence electrons. The number of carbonyl (C=O) groups excluding carboxylic acids is 1. The van der Waals surface area contributed by atoms with Gasteiger partial charge in [0.15, 0.2) is 0 Å². The van der Waals surface area contributed by atoms with Crippen LogP contribution in [-0.4, -0.2) is 23.3 Å². The second-order valence-electron chi connectivity index (χ2n) is 4.83. The molecule has 0 aromatic heterocycles. The highest BCUT2D eigenvalue weighted by atomic mass is 16.6. The number of esters is 1. The van der Waals surface area contributed by atoms with E-state index in [2.05, 4.69) is 13.0 Å². The Morgan fingerprint density at radius 3 is 3.07 bits per heavy atom. The van der Waals surface area contributed by atoms with Crippen molar-refractivity contribution in [1.82, 2.24) is 0 Å². The van der Waals surface area contributed by atoms with Gasteiger partial charge in [-0.05, 0) is 18.8 Å². The highest BCUT2D eigenvalue weighted by molar-refractivity contribution is 5.78. The molecule has 3 aliphatic rings. The first-order valence-electron chi connectivity index (χ1n) is 5.21. The number of carbonyl (C=O) groups is 1. The van der Waals surface area contributed by atoms with Crippen molar-refractivity contribution in [2.45, 2.75) is 32.0 Å². The number of hydrogen-bond acceptors (Lipinski definition) is 3. The average Bonchev–Trinajstić information content (AvgIpc) is 2.55. The van der Waals surface area contributed by atoms with Crippen molar-refractivity contribution in [2.24, 2.45) is 17.3 Å². The summed E-state index contributed by atoms with van der Waals surface area (Å²) in [6.07, 6.45) is 5.22. The standard InChI is InChI=1S/C11H14O3/c1-11-6-2-4-7(12)9(11)10(13)14-8(11)5-3-6/h2,4,6-9,12H,3,5H2,1H3. The zero-order valence-corrected chi connectivity index (χ0v) is 8.14. The number of aliphatic hydroxyl groups excluding tert-OH is 1. The topological polar surface area (TPSA) is 46.5 Å². The molecule has 1 saturated heterocycles. The normalized spacial score (nSPS) is 54.6. The molecule has 3 nitrogen and oxygen atoms in total. The number of ether oxygens (including phenoxy) is 1.